The maximum absolute atomic E-state index is 4.08. The maximum atomic E-state index is 4.08. The van der Waals surface area contributed by atoms with E-state index in [-0.39, 0.29) is 0 Å². The second-order valence-electron chi connectivity index (χ2n) is 10.4. The monoisotopic (exact) mass is 540 g/mol. The van der Waals surface area contributed by atoms with E-state index in [9.17, 15) is 0 Å². The molecule has 0 saturated heterocycles. The minimum Gasteiger partial charge on any atom is -0.372 e. The summed E-state index contributed by atoms with van der Waals surface area (Å²) in [7, 11) is 0. The predicted molar refractivity (Wildman–Crippen MR) is 181 cm³/mol. The van der Waals surface area contributed by atoms with E-state index in [2.05, 4.69) is 166 Å². The first-order chi connectivity index (χ1) is 20.0. The molecular weight excluding hydrogens is 496 g/mol. The third kappa shape index (κ3) is 7.46. The lowest BCUT2D eigenvalue weighted by molar-refractivity contribution is 0.866. The Kier molecular flexibility index (Phi) is 10.4. The number of hydrogen-bond donors (Lipinski definition) is 0. The van der Waals surface area contributed by atoms with Crippen LogP contribution in [0, 0.1) is 6.92 Å². The van der Waals surface area contributed by atoms with Crippen molar-refractivity contribution in [1.82, 2.24) is 0 Å². The van der Waals surface area contributed by atoms with Gasteiger partial charge in [-0.05, 0) is 97.2 Å². The lowest BCUT2D eigenvalue weighted by atomic mass is 9.95. The van der Waals surface area contributed by atoms with Crippen molar-refractivity contribution < 1.29 is 0 Å². The molecule has 41 heavy (non-hydrogen) atoms. The van der Waals surface area contributed by atoms with Crippen molar-refractivity contribution in [3.05, 3.63) is 148 Å². The van der Waals surface area contributed by atoms with Crippen LogP contribution in [0.25, 0.3) is 17.7 Å². The first-order valence-electron chi connectivity index (χ1n) is 14.9. The van der Waals surface area contributed by atoms with E-state index in [1.165, 1.54) is 50.0 Å². The molecule has 0 heterocycles. The second kappa shape index (κ2) is 14.4. The quantitative estimate of drug-likeness (QED) is 0.178. The predicted octanol–water partition coefficient (Wildman–Crippen LogP) is 7.98. The molecule has 0 aliphatic rings. The summed E-state index contributed by atoms with van der Waals surface area (Å²) in [6, 6.07) is 35.2. The highest BCUT2D eigenvalue weighted by Crippen LogP contribution is 2.27. The van der Waals surface area contributed by atoms with Gasteiger partial charge in [-0.15, -0.1) is 0 Å². The van der Waals surface area contributed by atoms with Gasteiger partial charge in [0, 0.05) is 37.6 Å². The molecule has 0 aromatic heterocycles. The summed E-state index contributed by atoms with van der Waals surface area (Å²) in [6.45, 7) is 19.0. The minimum absolute atomic E-state index is 1.000. The van der Waals surface area contributed by atoms with Crippen LogP contribution in [-0.2, 0) is 0 Å². The molecule has 0 saturated carbocycles. The van der Waals surface area contributed by atoms with E-state index in [1.807, 2.05) is 0 Å². The molecule has 0 aliphatic heterocycles. The molecular formula is C39H44N2. The van der Waals surface area contributed by atoms with Crippen LogP contribution in [0.4, 0.5) is 11.4 Å². The molecule has 2 heteroatoms. The highest BCUT2D eigenvalue weighted by atomic mass is 15.1. The molecule has 0 fully saturated rings. The number of rotatable bonds is 11. The van der Waals surface area contributed by atoms with Gasteiger partial charge in [0.1, 0.15) is 0 Å². The van der Waals surface area contributed by atoms with E-state index in [0.717, 1.165) is 31.4 Å². The fraction of sp³-hybridized carbons (Fsp3) is 0.231. The highest BCUT2D eigenvalue weighted by Gasteiger charge is 2.08. The average molecular weight is 541 g/mol. The molecule has 4 aromatic carbocycles. The molecule has 0 amide bonds. The molecule has 210 valence electrons. The van der Waals surface area contributed by atoms with Crippen molar-refractivity contribution in [2.75, 3.05) is 36.0 Å². The molecule has 0 bridgehead atoms. The summed E-state index contributed by atoms with van der Waals surface area (Å²) in [4.78, 5) is 4.75. The molecule has 0 aliphatic carbocycles. The molecule has 0 atom stereocenters. The van der Waals surface area contributed by atoms with E-state index < -0.39 is 0 Å². The van der Waals surface area contributed by atoms with Crippen LogP contribution in [0.2, 0.25) is 0 Å². The van der Waals surface area contributed by atoms with E-state index >= 15 is 0 Å². The van der Waals surface area contributed by atoms with E-state index in [0.29, 0.717) is 0 Å². The Morgan fingerprint density at radius 2 is 1.02 bits per heavy atom. The summed E-state index contributed by atoms with van der Waals surface area (Å²) in [5.41, 5.74) is 9.79. The fourth-order valence-corrected chi connectivity index (χ4v) is 5.26. The van der Waals surface area contributed by atoms with E-state index in [4.69, 9.17) is 0 Å². The third-order valence-corrected chi connectivity index (χ3v) is 7.77. The van der Waals surface area contributed by atoms with Crippen LogP contribution in [0.1, 0.15) is 49.9 Å². The SMILES string of the molecule is C=c1ccc(=C(/C=C/C=C(\c2ccc(C)cc2)c2ccc(N(CC)CC)cc2)c2ccc(N(CC)CC)cc2)cc1. The first-order valence-corrected chi connectivity index (χ1v) is 14.9. The highest BCUT2D eigenvalue weighted by molar-refractivity contribution is 5.83. The number of benzene rings is 4. The van der Waals surface area contributed by atoms with E-state index in [1.54, 1.807) is 0 Å². The Hall–Kier alpha value is -4.30. The number of aryl methyl sites for hydroxylation is 1. The Labute approximate surface area is 247 Å². The normalized spacial score (nSPS) is 11.6. The van der Waals surface area contributed by atoms with Gasteiger partial charge < -0.3 is 9.80 Å². The van der Waals surface area contributed by atoms with Gasteiger partial charge in [-0.2, -0.15) is 0 Å². The van der Waals surface area contributed by atoms with Crippen molar-refractivity contribution in [2.24, 2.45) is 0 Å². The Bertz CT molecular complexity index is 1540. The zero-order valence-corrected chi connectivity index (χ0v) is 25.4. The maximum Gasteiger partial charge on any atom is 0.0366 e. The molecule has 2 nitrogen and oxygen atoms in total. The van der Waals surface area contributed by atoms with Gasteiger partial charge in [0.15, 0.2) is 0 Å². The zero-order chi connectivity index (χ0) is 29.2. The Morgan fingerprint density at radius 1 is 0.585 bits per heavy atom. The number of allylic oxidation sites excluding steroid dienone is 3. The van der Waals surface area contributed by atoms with Gasteiger partial charge >= 0.3 is 0 Å². The fourth-order valence-electron chi connectivity index (χ4n) is 5.26. The molecule has 4 rings (SSSR count). The van der Waals surface area contributed by atoms with Gasteiger partial charge in [0.2, 0.25) is 0 Å². The molecule has 0 N–H and O–H groups in total. The lowest BCUT2D eigenvalue weighted by Gasteiger charge is -2.21. The second-order valence-corrected chi connectivity index (χ2v) is 10.4. The van der Waals surface area contributed by atoms with Gasteiger partial charge in [-0.1, -0.05) is 103 Å². The smallest absolute Gasteiger partial charge is 0.0366 e. The topological polar surface area (TPSA) is 6.48 Å². The minimum atomic E-state index is 1.000. The Balaban J connectivity index is 1.78. The standard InChI is InChI=1S/C39H44N2/c1-7-40(8-2)36-26-22-34(23-27-36)38(32-18-14-30(5)15-19-32)12-11-13-39(33-20-16-31(6)17-21-33)35-24-28-37(29-25-35)41(9-3)10-4/h11-29H,5,7-10H2,1-4,6H3/b12-11+,39-13+. The van der Waals surface area contributed by atoms with Crippen molar-refractivity contribution in [1.29, 1.82) is 0 Å². The summed E-state index contributed by atoms with van der Waals surface area (Å²) >= 11 is 0. The summed E-state index contributed by atoms with van der Waals surface area (Å²) in [5, 5.41) is 2.20. The third-order valence-electron chi connectivity index (χ3n) is 7.77. The van der Waals surface area contributed by atoms with Gasteiger partial charge in [-0.25, -0.2) is 0 Å². The first kappa shape index (κ1) is 29.7. The lowest BCUT2D eigenvalue weighted by Crippen LogP contribution is -2.21. The summed E-state index contributed by atoms with van der Waals surface area (Å²) < 4.78 is 0. The molecule has 0 spiro atoms. The van der Waals surface area contributed by atoms with Crippen molar-refractivity contribution >= 4 is 29.1 Å². The van der Waals surface area contributed by atoms with Gasteiger partial charge in [-0.3, -0.25) is 0 Å². The van der Waals surface area contributed by atoms with Crippen LogP contribution in [0.3, 0.4) is 0 Å². The number of hydrogen-bond acceptors (Lipinski definition) is 2. The van der Waals surface area contributed by atoms with Crippen molar-refractivity contribution in [2.45, 2.75) is 34.6 Å². The summed E-state index contributed by atoms with van der Waals surface area (Å²) in [6.07, 6.45) is 6.68. The zero-order valence-electron chi connectivity index (χ0n) is 25.4. The van der Waals surface area contributed by atoms with Gasteiger partial charge in [0.25, 0.3) is 0 Å². The summed E-state index contributed by atoms with van der Waals surface area (Å²) in [5.74, 6) is 0. The molecule has 0 unspecified atom stereocenters. The molecule has 4 aromatic rings. The van der Waals surface area contributed by atoms with Crippen LogP contribution < -0.4 is 20.2 Å². The molecule has 0 radical (unpaired) electrons. The average Bonchev–Trinajstić information content (AvgIpc) is 3.01. The van der Waals surface area contributed by atoms with Crippen molar-refractivity contribution in [3.63, 3.8) is 0 Å². The number of nitrogens with zero attached hydrogens (tertiary/aromatic N) is 2. The van der Waals surface area contributed by atoms with Crippen molar-refractivity contribution in [3.8, 4) is 0 Å². The van der Waals surface area contributed by atoms with Crippen LogP contribution in [-0.4, -0.2) is 26.2 Å². The number of anilines is 2. The van der Waals surface area contributed by atoms with Crippen LogP contribution in [0.5, 0.6) is 0 Å². The van der Waals surface area contributed by atoms with Crippen LogP contribution >= 0.6 is 0 Å². The van der Waals surface area contributed by atoms with Crippen LogP contribution in [0.15, 0.2) is 115 Å². The van der Waals surface area contributed by atoms with Gasteiger partial charge in [0.05, 0.1) is 0 Å². The Morgan fingerprint density at radius 3 is 1.49 bits per heavy atom. The largest absolute Gasteiger partial charge is 0.372 e.